The molecule has 6 heteroatoms. The van der Waals surface area contributed by atoms with E-state index in [0.717, 1.165) is 5.75 Å². The van der Waals surface area contributed by atoms with Gasteiger partial charge in [-0.2, -0.15) is 0 Å². The SMILES string of the molecule is C=CC[C@H](/C=C/C[C@@H](COc1ccc(OC)cc1)OC(C)=O)OC(C)=O. The lowest BCUT2D eigenvalue weighted by Crippen LogP contribution is -2.23. The number of esters is 2. The van der Waals surface area contributed by atoms with Gasteiger partial charge in [-0.15, -0.1) is 6.58 Å². The highest BCUT2D eigenvalue weighted by atomic mass is 16.6. The van der Waals surface area contributed by atoms with E-state index in [1.54, 1.807) is 43.5 Å². The molecule has 0 spiro atoms. The van der Waals surface area contributed by atoms with E-state index in [0.29, 0.717) is 18.6 Å². The Morgan fingerprint density at radius 1 is 1.04 bits per heavy atom. The van der Waals surface area contributed by atoms with Gasteiger partial charge in [0.2, 0.25) is 0 Å². The number of hydrogen-bond acceptors (Lipinski definition) is 6. The van der Waals surface area contributed by atoms with Crippen molar-refractivity contribution in [1.82, 2.24) is 0 Å². The van der Waals surface area contributed by atoms with Crippen molar-refractivity contribution >= 4 is 11.9 Å². The lowest BCUT2D eigenvalue weighted by Gasteiger charge is -2.17. The molecule has 0 aliphatic rings. The zero-order valence-corrected chi connectivity index (χ0v) is 15.5. The lowest BCUT2D eigenvalue weighted by atomic mass is 10.2. The monoisotopic (exact) mass is 362 g/mol. The normalized spacial score (nSPS) is 12.9. The summed E-state index contributed by atoms with van der Waals surface area (Å²) in [5.74, 6) is 0.636. The van der Waals surface area contributed by atoms with Gasteiger partial charge in [0, 0.05) is 26.7 Å². The van der Waals surface area contributed by atoms with Gasteiger partial charge in [-0.25, -0.2) is 0 Å². The third-order valence-electron chi connectivity index (χ3n) is 3.29. The number of ether oxygens (including phenoxy) is 4. The largest absolute Gasteiger partial charge is 0.497 e. The molecule has 0 fully saturated rings. The molecular formula is C20H26O6. The van der Waals surface area contributed by atoms with Crippen molar-refractivity contribution in [3.05, 3.63) is 49.1 Å². The van der Waals surface area contributed by atoms with Crippen LogP contribution in [0.1, 0.15) is 26.7 Å². The quantitative estimate of drug-likeness (QED) is 0.443. The van der Waals surface area contributed by atoms with Crippen LogP contribution < -0.4 is 9.47 Å². The average molecular weight is 362 g/mol. The zero-order chi connectivity index (χ0) is 19.4. The molecule has 0 aliphatic heterocycles. The highest BCUT2D eigenvalue weighted by Gasteiger charge is 2.13. The fourth-order valence-electron chi connectivity index (χ4n) is 2.17. The molecule has 1 rings (SSSR count). The molecule has 0 saturated carbocycles. The van der Waals surface area contributed by atoms with Crippen molar-refractivity contribution in [1.29, 1.82) is 0 Å². The number of benzene rings is 1. The van der Waals surface area contributed by atoms with Crippen molar-refractivity contribution in [2.24, 2.45) is 0 Å². The molecular weight excluding hydrogens is 336 g/mol. The van der Waals surface area contributed by atoms with E-state index in [1.807, 2.05) is 6.08 Å². The van der Waals surface area contributed by atoms with Gasteiger partial charge in [-0.1, -0.05) is 12.2 Å². The summed E-state index contributed by atoms with van der Waals surface area (Å²) in [5.41, 5.74) is 0. The third-order valence-corrected chi connectivity index (χ3v) is 3.29. The van der Waals surface area contributed by atoms with E-state index in [1.165, 1.54) is 13.8 Å². The lowest BCUT2D eigenvalue weighted by molar-refractivity contribution is -0.147. The first-order chi connectivity index (χ1) is 12.4. The van der Waals surface area contributed by atoms with Crippen LogP contribution in [0, 0.1) is 0 Å². The van der Waals surface area contributed by atoms with Gasteiger partial charge < -0.3 is 18.9 Å². The number of methoxy groups -OCH3 is 1. The Labute approximate surface area is 154 Å². The molecule has 0 amide bonds. The van der Waals surface area contributed by atoms with E-state index in [9.17, 15) is 9.59 Å². The highest BCUT2D eigenvalue weighted by Crippen LogP contribution is 2.18. The first-order valence-electron chi connectivity index (χ1n) is 8.33. The summed E-state index contributed by atoms with van der Waals surface area (Å²) in [6.07, 6.45) is 5.35. The number of carbonyl (C=O) groups is 2. The summed E-state index contributed by atoms with van der Waals surface area (Å²) in [4.78, 5) is 22.4. The molecule has 0 heterocycles. The predicted molar refractivity (Wildman–Crippen MR) is 98.2 cm³/mol. The minimum atomic E-state index is -0.451. The predicted octanol–water partition coefficient (Wildman–Crippen LogP) is 3.46. The topological polar surface area (TPSA) is 71.1 Å². The smallest absolute Gasteiger partial charge is 0.303 e. The zero-order valence-electron chi connectivity index (χ0n) is 15.5. The fourth-order valence-corrected chi connectivity index (χ4v) is 2.17. The van der Waals surface area contributed by atoms with Gasteiger partial charge in [0.25, 0.3) is 0 Å². The van der Waals surface area contributed by atoms with Gasteiger partial charge in [0.05, 0.1) is 7.11 Å². The Balaban J connectivity index is 2.61. The Hall–Kier alpha value is -2.76. The Morgan fingerprint density at radius 2 is 1.65 bits per heavy atom. The second-order valence-corrected chi connectivity index (χ2v) is 5.55. The van der Waals surface area contributed by atoms with Crippen molar-refractivity contribution in [2.45, 2.75) is 38.9 Å². The minimum absolute atomic E-state index is 0.204. The second-order valence-electron chi connectivity index (χ2n) is 5.55. The van der Waals surface area contributed by atoms with Crippen LogP contribution in [0.3, 0.4) is 0 Å². The van der Waals surface area contributed by atoms with Crippen LogP contribution >= 0.6 is 0 Å². The maximum atomic E-state index is 11.3. The Kier molecular flexibility index (Phi) is 9.61. The van der Waals surface area contributed by atoms with E-state index in [4.69, 9.17) is 18.9 Å². The van der Waals surface area contributed by atoms with Gasteiger partial charge >= 0.3 is 11.9 Å². The molecule has 0 aliphatic carbocycles. The van der Waals surface area contributed by atoms with Crippen LogP contribution in [0.2, 0.25) is 0 Å². The second kappa shape index (κ2) is 11.7. The van der Waals surface area contributed by atoms with E-state index < -0.39 is 6.10 Å². The average Bonchev–Trinajstić information content (AvgIpc) is 2.59. The minimum Gasteiger partial charge on any atom is -0.497 e. The van der Waals surface area contributed by atoms with Gasteiger partial charge in [0.1, 0.15) is 30.3 Å². The highest BCUT2D eigenvalue weighted by molar-refractivity contribution is 5.66. The summed E-state index contributed by atoms with van der Waals surface area (Å²) in [6.45, 7) is 6.55. The molecule has 0 saturated heterocycles. The summed E-state index contributed by atoms with van der Waals surface area (Å²) < 4.78 is 21.2. The van der Waals surface area contributed by atoms with Gasteiger partial charge in [-0.3, -0.25) is 9.59 Å². The van der Waals surface area contributed by atoms with E-state index in [-0.39, 0.29) is 24.6 Å². The van der Waals surface area contributed by atoms with Crippen LogP contribution in [-0.4, -0.2) is 37.9 Å². The molecule has 142 valence electrons. The Bertz CT molecular complexity index is 605. The fraction of sp³-hybridized carbons (Fsp3) is 0.400. The van der Waals surface area contributed by atoms with Crippen LogP contribution in [0.15, 0.2) is 49.1 Å². The maximum absolute atomic E-state index is 11.3. The van der Waals surface area contributed by atoms with Crippen molar-refractivity contribution < 1.29 is 28.5 Å². The van der Waals surface area contributed by atoms with Crippen molar-refractivity contribution in [3.63, 3.8) is 0 Å². The molecule has 0 unspecified atom stereocenters. The molecule has 1 aromatic rings. The van der Waals surface area contributed by atoms with Gasteiger partial charge in [-0.05, 0) is 30.3 Å². The van der Waals surface area contributed by atoms with Crippen LogP contribution in [0.25, 0.3) is 0 Å². The first kappa shape index (κ1) is 21.3. The molecule has 0 aromatic heterocycles. The molecule has 26 heavy (non-hydrogen) atoms. The first-order valence-corrected chi connectivity index (χ1v) is 8.33. The molecule has 0 N–H and O–H groups in total. The van der Waals surface area contributed by atoms with Crippen LogP contribution in [0.4, 0.5) is 0 Å². The summed E-state index contributed by atoms with van der Waals surface area (Å²) in [6, 6.07) is 7.13. The summed E-state index contributed by atoms with van der Waals surface area (Å²) in [5, 5.41) is 0. The Morgan fingerprint density at radius 3 is 2.19 bits per heavy atom. The molecule has 2 atom stereocenters. The van der Waals surface area contributed by atoms with Crippen LogP contribution in [0.5, 0.6) is 11.5 Å². The van der Waals surface area contributed by atoms with E-state index >= 15 is 0 Å². The number of rotatable bonds is 11. The number of carbonyl (C=O) groups excluding carboxylic acids is 2. The molecule has 0 bridgehead atoms. The molecule has 6 nitrogen and oxygen atoms in total. The third kappa shape index (κ3) is 8.92. The maximum Gasteiger partial charge on any atom is 0.303 e. The van der Waals surface area contributed by atoms with Gasteiger partial charge in [0.15, 0.2) is 0 Å². The summed E-state index contributed by atoms with van der Waals surface area (Å²) in [7, 11) is 1.59. The van der Waals surface area contributed by atoms with Crippen LogP contribution in [-0.2, 0) is 19.1 Å². The van der Waals surface area contributed by atoms with Crippen molar-refractivity contribution in [3.8, 4) is 11.5 Å². The summed E-state index contributed by atoms with van der Waals surface area (Å²) >= 11 is 0. The molecule has 0 radical (unpaired) electrons. The number of hydrogen-bond donors (Lipinski definition) is 0. The standard InChI is InChI=1S/C20H26O6/c1-5-7-19(25-15(2)21)8-6-9-20(26-16(3)22)14-24-18-12-10-17(23-4)11-13-18/h5-6,8,10-13,19-20H,1,7,9,14H2,2-4H3/b8-6+/t19-,20+/m1/s1. The van der Waals surface area contributed by atoms with E-state index in [2.05, 4.69) is 6.58 Å². The van der Waals surface area contributed by atoms with Crippen molar-refractivity contribution in [2.75, 3.05) is 13.7 Å². The molecule has 1 aromatic carbocycles.